The Bertz CT molecular complexity index is 356. The van der Waals surface area contributed by atoms with Crippen LogP contribution < -0.4 is 10.1 Å². The van der Waals surface area contributed by atoms with Crippen molar-refractivity contribution >= 4 is 15.9 Å². The second-order valence-corrected chi connectivity index (χ2v) is 4.05. The summed E-state index contributed by atoms with van der Waals surface area (Å²) in [6.07, 6.45) is 0. The molecule has 1 aromatic carbocycles. The lowest BCUT2D eigenvalue weighted by Crippen LogP contribution is -2.22. The Morgan fingerprint density at radius 1 is 1.64 bits per heavy atom. The fourth-order valence-corrected chi connectivity index (χ4v) is 2.14. The van der Waals surface area contributed by atoms with E-state index < -0.39 is 0 Å². The highest BCUT2D eigenvalue weighted by Crippen LogP contribution is 2.39. The van der Waals surface area contributed by atoms with Crippen molar-refractivity contribution in [1.29, 1.82) is 0 Å². The second-order valence-electron chi connectivity index (χ2n) is 3.19. The minimum absolute atomic E-state index is 0.0208. The Balaban J connectivity index is 2.42. The predicted octanol–water partition coefficient (Wildman–Crippen LogP) is 2.63. The number of benzene rings is 1. The van der Waals surface area contributed by atoms with Crippen LogP contribution in [0.15, 0.2) is 16.6 Å². The third-order valence-electron chi connectivity index (χ3n) is 2.29. The van der Waals surface area contributed by atoms with E-state index in [-0.39, 0.29) is 11.9 Å². The van der Waals surface area contributed by atoms with Gasteiger partial charge in [0, 0.05) is 0 Å². The van der Waals surface area contributed by atoms with Crippen LogP contribution >= 0.6 is 15.9 Å². The average Bonchev–Trinajstić information content (AvgIpc) is 2.58. The van der Waals surface area contributed by atoms with E-state index in [1.54, 1.807) is 6.07 Å². The number of ether oxygens (including phenoxy) is 1. The van der Waals surface area contributed by atoms with E-state index in [4.69, 9.17) is 4.74 Å². The Morgan fingerprint density at radius 2 is 2.43 bits per heavy atom. The Morgan fingerprint density at radius 3 is 3.14 bits per heavy atom. The fraction of sp³-hybridized carbons (Fsp3) is 0.400. The molecule has 0 bridgehead atoms. The van der Waals surface area contributed by atoms with Crippen LogP contribution in [0.4, 0.5) is 4.39 Å². The van der Waals surface area contributed by atoms with Crippen LogP contribution in [0.5, 0.6) is 5.75 Å². The Labute approximate surface area is 90.6 Å². The molecule has 2 nitrogen and oxygen atoms in total. The number of hydrogen-bond donors (Lipinski definition) is 1. The first kappa shape index (κ1) is 9.93. The van der Waals surface area contributed by atoms with Gasteiger partial charge in [-0.25, -0.2) is 4.39 Å². The third-order valence-corrected chi connectivity index (χ3v) is 2.91. The van der Waals surface area contributed by atoms with Crippen LogP contribution in [0.25, 0.3) is 0 Å². The number of halogens is 2. The van der Waals surface area contributed by atoms with Gasteiger partial charge in [-0.3, -0.25) is 0 Å². The molecule has 1 N–H and O–H groups in total. The first-order valence-corrected chi connectivity index (χ1v) is 5.37. The van der Waals surface area contributed by atoms with Crippen LogP contribution in [0.2, 0.25) is 0 Å². The Hall–Kier alpha value is -0.610. The molecular weight excluding hydrogens is 249 g/mol. The standard InChI is InChI=1S/C10H11BrFNO/c1-2-13-8-5-14-10-6(11)3-4-7(12)9(8)10/h3-4,8,13H,2,5H2,1H3. The topological polar surface area (TPSA) is 21.3 Å². The van der Waals surface area contributed by atoms with Gasteiger partial charge in [-0.2, -0.15) is 0 Å². The molecule has 0 aliphatic carbocycles. The van der Waals surface area contributed by atoms with Crippen LogP contribution in [-0.2, 0) is 0 Å². The lowest BCUT2D eigenvalue weighted by molar-refractivity contribution is 0.311. The molecule has 4 heteroatoms. The van der Waals surface area contributed by atoms with E-state index in [0.717, 1.165) is 11.0 Å². The van der Waals surface area contributed by atoms with Gasteiger partial charge in [0.2, 0.25) is 0 Å². The SMILES string of the molecule is CCNC1COc2c(Br)ccc(F)c21. The molecule has 1 aliphatic heterocycles. The summed E-state index contributed by atoms with van der Waals surface area (Å²) in [6, 6.07) is 3.11. The highest BCUT2D eigenvalue weighted by Gasteiger charge is 2.28. The molecule has 76 valence electrons. The molecular formula is C10H11BrFNO. The zero-order valence-electron chi connectivity index (χ0n) is 7.81. The third kappa shape index (κ3) is 1.53. The zero-order chi connectivity index (χ0) is 10.1. The van der Waals surface area contributed by atoms with Crippen LogP contribution in [0.1, 0.15) is 18.5 Å². The quantitative estimate of drug-likeness (QED) is 0.882. The summed E-state index contributed by atoms with van der Waals surface area (Å²) in [5.74, 6) is 0.433. The monoisotopic (exact) mass is 259 g/mol. The molecule has 1 atom stereocenters. The molecule has 0 saturated heterocycles. The molecule has 0 fully saturated rings. The van der Waals surface area contributed by atoms with Gasteiger partial charge in [-0.1, -0.05) is 6.92 Å². The van der Waals surface area contributed by atoms with Crippen LogP contribution in [0.3, 0.4) is 0 Å². The Kier molecular flexibility index (Phi) is 2.74. The molecule has 1 unspecified atom stereocenters. The molecule has 1 heterocycles. The summed E-state index contributed by atoms with van der Waals surface area (Å²) in [6.45, 7) is 3.30. The van der Waals surface area contributed by atoms with Gasteiger partial charge in [0.1, 0.15) is 18.2 Å². The summed E-state index contributed by atoms with van der Waals surface area (Å²) in [7, 11) is 0. The minimum Gasteiger partial charge on any atom is -0.490 e. The maximum absolute atomic E-state index is 13.5. The van der Waals surface area contributed by atoms with Crippen molar-refractivity contribution in [1.82, 2.24) is 5.32 Å². The number of rotatable bonds is 2. The van der Waals surface area contributed by atoms with Crippen molar-refractivity contribution in [3.8, 4) is 5.75 Å². The van der Waals surface area contributed by atoms with Crippen LogP contribution in [0, 0.1) is 5.82 Å². The number of hydrogen-bond acceptors (Lipinski definition) is 2. The van der Waals surface area contributed by atoms with E-state index >= 15 is 0 Å². The highest BCUT2D eigenvalue weighted by atomic mass is 79.9. The van der Waals surface area contributed by atoms with E-state index in [2.05, 4.69) is 21.2 Å². The molecule has 2 rings (SSSR count). The minimum atomic E-state index is -0.202. The second kappa shape index (κ2) is 3.87. The van der Waals surface area contributed by atoms with Crippen molar-refractivity contribution in [3.63, 3.8) is 0 Å². The van der Waals surface area contributed by atoms with Gasteiger partial charge in [0.05, 0.1) is 16.1 Å². The predicted molar refractivity (Wildman–Crippen MR) is 56.0 cm³/mol. The molecule has 0 saturated carbocycles. The van der Waals surface area contributed by atoms with Crippen molar-refractivity contribution < 1.29 is 9.13 Å². The summed E-state index contributed by atoms with van der Waals surface area (Å²) < 4.78 is 19.7. The number of likely N-dealkylation sites (N-methyl/N-ethyl adjacent to an activating group) is 1. The van der Waals surface area contributed by atoms with Crippen molar-refractivity contribution in [2.75, 3.05) is 13.2 Å². The van der Waals surface area contributed by atoms with E-state index in [1.807, 2.05) is 6.92 Å². The van der Waals surface area contributed by atoms with Gasteiger partial charge in [0.15, 0.2) is 0 Å². The van der Waals surface area contributed by atoms with Gasteiger partial charge >= 0.3 is 0 Å². The van der Waals surface area contributed by atoms with Crippen LogP contribution in [-0.4, -0.2) is 13.2 Å². The molecule has 14 heavy (non-hydrogen) atoms. The summed E-state index contributed by atoms with van der Waals surface area (Å²) in [5.41, 5.74) is 0.640. The van der Waals surface area contributed by atoms with E-state index in [0.29, 0.717) is 17.9 Å². The van der Waals surface area contributed by atoms with Crippen molar-refractivity contribution in [2.24, 2.45) is 0 Å². The summed E-state index contributed by atoms with van der Waals surface area (Å²) in [4.78, 5) is 0. The molecule has 1 aliphatic rings. The van der Waals surface area contributed by atoms with Crippen molar-refractivity contribution in [2.45, 2.75) is 13.0 Å². The zero-order valence-corrected chi connectivity index (χ0v) is 9.40. The van der Waals surface area contributed by atoms with Crippen molar-refractivity contribution in [3.05, 3.63) is 28.0 Å². The molecule has 0 radical (unpaired) electrons. The van der Waals surface area contributed by atoms with E-state index in [9.17, 15) is 4.39 Å². The van der Waals surface area contributed by atoms with Gasteiger partial charge in [0.25, 0.3) is 0 Å². The summed E-state index contributed by atoms with van der Waals surface area (Å²) >= 11 is 3.34. The maximum atomic E-state index is 13.5. The highest BCUT2D eigenvalue weighted by molar-refractivity contribution is 9.10. The lowest BCUT2D eigenvalue weighted by Gasteiger charge is -2.09. The largest absolute Gasteiger partial charge is 0.490 e. The first-order valence-electron chi connectivity index (χ1n) is 4.58. The van der Waals surface area contributed by atoms with E-state index in [1.165, 1.54) is 6.07 Å². The maximum Gasteiger partial charge on any atom is 0.141 e. The van der Waals surface area contributed by atoms with Gasteiger partial charge in [-0.15, -0.1) is 0 Å². The lowest BCUT2D eigenvalue weighted by atomic mass is 10.1. The van der Waals surface area contributed by atoms with Gasteiger partial charge in [-0.05, 0) is 34.6 Å². The number of nitrogens with one attached hydrogen (secondary N) is 1. The normalized spacial score (nSPS) is 19.2. The summed E-state index contributed by atoms with van der Waals surface area (Å²) in [5, 5.41) is 3.18. The molecule has 0 aromatic heterocycles. The molecule has 0 spiro atoms. The fourth-order valence-electron chi connectivity index (χ4n) is 1.68. The van der Waals surface area contributed by atoms with Gasteiger partial charge < -0.3 is 10.1 Å². The molecule has 1 aromatic rings. The molecule has 0 amide bonds. The smallest absolute Gasteiger partial charge is 0.141 e. The average molecular weight is 260 g/mol. The number of fused-ring (bicyclic) bond motifs is 1. The first-order chi connectivity index (χ1) is 6.74.